The largest absolute Gasteiger partial charge is 0.327 e. The molecule has 0 bridgehead atoms. The van der Waals surface area contributed by atoms with Crippen molar-refractivity contribution in [2.45, 2.75) is 0 Å². The van der Waals surface area contributed by atoms with Gasteiger partial charge in [-0.05, 0) is 66.7 Å². The van der Waals surface area contributed by atoms with Crippen molar-refractivity contribution >= 4 is 55.5 Å². The molecule has 0 fully saturated rings. The summed E-state index contributed by atoms with van der Waals surface area (Å²) in [7, 11) is 2.09. The fourth-order valence-electron chi connectivity index (χ4n) is 6.29. The number of pyridine rings is 1. The van der Waals surface area contributed by atoms with E-state index in [1.165, 1.54) is 0 Å². The summed E-state index contributed by atoms with van der Waals surface area (Å²) in [6.45, 7) is 0. The van der Waals surface area contributed by atoms with Crippen molar-refractivity contribution in [2.75, 3.05) is 0 Å². The SMILES string of the molecule is Cn1c(-c2cc3c(cc2-c2nccs2)c2cc(-c4nccs4)ccc2n3-c2cccc(-c3ccccn3)c2)nc2ccccc21. The number of thiazole rings is 2. The van der Waals surface area contributed by atoms with E-state index in [0.29, 0.717) is 0 Å². The first-order valence-corrected chi connectivity index (χ1v) is 16.3. The number of benzene rings is 4. The first kappa shape index (κ1) is 26.0. The lowest BCUT2D eigenvalue weighted by molar-refractivity contribution is 0.960. The molecule has 0 aliphatic carbocycles. The highest BCUT2D eigenvalue weighted by atomic mass is 32.1. The minimum atomic E-state index is 0.908. The van der Waals surface area contributed by atoms with Crippen LogP contribution in [0.1, 0.15) is 0 Å². The van der Waals surface area contributed by atoms with Crippen molar-refractivity contribution in [1.82, 2.24) is 29.1 Å². The Morgan fingerprint density at radius 2 is 1.40 bits per heavy atom. The lowest BCUT2D eigenvalue weighted by Gasteiger charge is -2.13. The van der Waals surface area contributed by atoms with Crippen LogP contribution < -0.4 is 0 Å². The molecular formula is C37H24N6S2. The van der Waals surface area contributed by atoms with Crippen LogP contribution in [0.3, 0.4) is 0 Å². The number of fused-ring (bicyclic) bond motifs is 4. The van der Waals surface area contributed by atoms with Crippen molar-refractivity contribution in [3.05, 3.63) is 126 Å². The van der Waals surface area contributed by atoms with E-state index in [1.54, 1.807) is 22.7 Å². The van der Waals surface area contributed by atoms with E-state index in [0.717, 1.165) is 82.3 Å². The summed E-state index contributed by atoms with van der Waals surface area (Å²) >= 11 is 3.30. The first-order chi connectivity index (χ1) is 22.2. The van der Waals surface area contributed by atoms with E-state index >= 15 is 0 Å². The van der Waals surface area contributed by atoms with Crippen LogP contribution in [-0.4, -0.2) is 29.1 Å². The molecule has 214 valence electrons. The molecule has 4 aromatic carbocycles. The molecule has 5 aromatic heterocycles. The Morgan fingerprint density at radius 3 is 2.20 bits per heavy atom. The quantitative estimate of drug-likeness (QED) is 0.193. The van der Waals surface area contributed by atoms with Gasteiger partial charge in [0.2, 0.25) is 0 Å². The highest BCUT2D eigenvalue weighted by Crippen LogP contribution is 2.42. The van der Waals surface area contributed by atoms with Gasteiger partial charge in [0.25, 0.3) is 0 Å². The van der Waals surface area contributed by atoms with Crippen molar-refractivity contribution < 1.29 is 0 Å². The molecule has 45 heavy (non-hydrogen) atoms. The average molecular weight is 617 g/mol. The van der Waals surface area contributed by atoms with Gasteiger partial charge in [-0.25, -0.2) is 15.0 Å². The Morgan fingerprint density at radius 1 is 0.578 bits per heavy atom. The number of nitrogens with zero attached hydrogens (tertiary/aromatic N) is 6. The second-order valence-corrected chi connectivity index (χ2v) is 12.7. The minimum absolute atomic E-state index is 0.908. The molecule has 0 amide bonds. The maximum Gasteiger partial charge on any atom is 0.141 e. The van der Waals surface area contributed by atoms with Gasteiger partial charge >= 0.3 is 0 Å². The minimum Gasteiger partial charge on any atom is -0.327 e. The molecular weight excluding hydrogens is 593 g/mol. The fourth-order valence-corrected chi connectivity index (χ4v) is 7.59. The smallest absolute Gasteiger partial charge is 0.141 e. The van der Waals surface area contributed by atoms with Gasteiger partial charge in [-0.1, -0.05) is 30.3 Å². The van der Waals surface area contributed by atoms with Crippen LogP contribution in [0, 0.1) is 0 Å². The molecule has 0 unspecified atom stereocenters. The maximum atomic E-state index is 5.13. The van der Waals surface area contributed by atoms with Crippen LogP contribution in [-0.2, 0) is 7.05 Å². The predicted octanol–water partition coefficient (Wildman–Crippen LogP) is 9.65. The normalized spacial score (nSPS) is 11.7. The summed E-state index contributed by atoms with van der Waals surface area (Å²) in [5.41, 5.74) is 10.6. The number of aryl methyl sites for hydroxylation is 1. The lowest BCUT2D eigenvalue weighted by atomic mass is 10.0. The standard InChI is InChI=1S/C37H24N6S2/c1-42-33-11-3-2-10-31(33)41-35(42)28-22-34-27(21-29(28)37-40-16-18-45-37)26-20-24(36-39-15-17-44-36)12-13-32(26)43(34)25-8-6-7-23(19-25)30-9-4-5-14-38-30/h2-22H,1H3. The third-order valence-electron chi connectivity index (χ3n) is 8.34. The van der Waals surface area contributed by atoms with Crippen molar-refractivity contribution in [1.29, 1.82) is 0 Å². The Kier molecular flexibility index (Phi) is 5.97. The molecule has 9 aromatic rings. The van der Waals surface area contributed by atoms with E-state index in [2.05, 4.69) is 105 Å². The third kappa shape index (κ3) is 4.22. The molecule has 9 rings (SSSR count). The molecule has 5 heterocycles. The molecule has 0 aliphatic rings. The van der Waals surface area contributed by atoms with Crippen LogP contribution in [0.25, 0.3) is 82.3 Å². The second kappa shape index (κ2) is 10.3. The molecule has 0 aliphatic heterocycles. The Balaban J connectivity index is 1.39. The van der Waals surface area contributed by atoms with Gasteiger partial charge in [-0.2, -0.15) is 0 Å². The van der Waals surface area contributed by atoms with E-state index < -0.39 is 0 Å². The zero-order valence-electron chi connectivity index (χ0n) is 24.1. The second-order valence-electron chi connectivity index (χ2n) is 10.9. The molecule has 0 N–H and O–H groups in total. The summed E-state index contributed by atoms with van der Waals surface area (Å²) in [6, 6.07) is 34.2. The lowest BCUT2D eigenvalue weighted by Crippen LogP contribution is -1.98. The van der Waals surface area contributed by atoms with Crippen molar-refractivity contribution in [3.63, 3.8) is 0 Å². The summed E-state index contributed by atoms with van der Waals surface area (Å²) in [6.07, 6.45) is 5.57. The van der Waals surface area contributed by atoms with Crippen LogP contribution in [0.15, 0.2) is 126 Å². The first-order valence-electron chi connectivity index (χ1n) is 14.6. The molecule has 0 saturated heterocycles. The zero-order chi connectivity index (χ0) is 29.9. The van der Waals surface area contributed by atoms with Gasteiger partial charge in [-0.3, -0.25) is 4.98 Å². The summed E-state index contributed by atoms with van der Waals surface area (Å²) in [4.78, 5) is 19.1. The molecule has 0 saturated carbocycles. The summed E-state index contributed by atoms with van der Waals surface area (Å²) < 4.78 is 4.55. The van der Waals surface area contributed by atoms with Gasteiger partial charge < -0.3 is 9.13 Å². The maximum absolute atomic E-state index is 5.13. The van der Waals surface area contributed by atoms with E-state index in [4.69, 9.17) is 9.97 Å². The molecule has 6 nitrogen and oxygen atoms in total. The van der Waals surface area contributed by atoms with E-state index in [9.17, 15) is 0 Å². The van der Waals surface area contributed by atoms with Gasteiger partial charge in [0, 0.05) is 75.1 Å². The van der Waals surface area contributed by atoms with Crippen LogP contribution in [0.5, 0.6) is 0 Å². The number of hydrogen-bond acceptors (Lipinski definition) is 6. The molecule has 0 atom stereocenters. The third-order valence-corrected chi connectivity index (χ3v) is 9.97. The topological polar surface area (TPSA) is 61.4 Å². The summed E-state index contributed by atoms with van der Waals surface area (Å²) in [5, 5.41) is 8.34. The average Bonchev–Trinajstić information content (AvgIpc) is 3.91. The molecule has 8 heteroatoms. The van der Waals surface area contributed by atoms with E-state index in [-0.39, 0.29) is 0 Å². The number of imidazole rings is 1. The zero-order valence-corrected chi connectivity index (χ0v) is 25.8. The highest BCUT2D eigenvalue weighted by Gasteiger charge is 2.22. The van der Waals surface area contributed by atoms with Crippen LogP contribution in [0.4, 0.5) is 0 Å². The van der Waals surface area contributed by atoms with Crippen molar-refractivity contribution in [2.24, 2.45) is 7.05 Å². The van der Waals surface area contributed by atoms with E-state index in [1.807, 2.05) is 47.5 Å². The Hall–Kier alpha value is -5.44. The number of aromatic nitrogens is 6. The number of rotatable bonds is 5. The van der Waals surface area contributed by atoms with Crippen LogP contribution >= 0.6 is 22.7 Å². The predicted molar refractivity (Wildman–Crippen MR) is 186 cm³/mol. The van der Waals surface area contributed by atoms with Gasteiger partial charge in [0.15, 0.2) is 0 Å². The Labute approximate surface area is 266 Å². The summed E-state index contributed by atoms with van der Waals surface area (Å²) in [5.74, 6) is 0.908. The van der Waals surface area contributed by atoms with Gasteiger partial charge in [-0.15, -0.1) is 22.7 Å². The van der Waals surface area contributed by atoms with Crippen LogP contribution in [0.2, 0.25) is 0 Å². The fraction of sp³-hybridized carbons (Fsp3) is 0.0270. The molecule has 0 spiro atoms. The monoisotopic (exact) mass is 616 g/mol. The number of hydrogen-bond donors (Lipinski definition) is 0. The molecule has 0 radical (unpaired) electrons. The number of para-hydroxylation sites is 2. The van der Waals surface area contributed by atoms with Gasteiger partial charge in [0.05, 0.1) is 27.8 Å². The highest BCUT2D eigenvalue weighted by molar-refractivity contribution is 7.13. The van der Waals surface area contributed by atoms with Gasteiger partial charge in [0.1, 0.15) is 15.8 Å². The Bertz CT molecular complexity index is 2490. The van der Waals surface area contributed by atoms with Crippen molar-refractivity contribution in [3.8, 4) is 49.5 Å².